The van der Waals surface area contributed by atoms with Crippen LogP contribution >= 0.6 is 34.8 Å². The van der Waals surface area contributed by atoms with Gasteiger partial charge in [-0.2, -0.15) is 0 Å². The summed E-state index contributed by atoms with van der Waals surface area (Å²) in [6.07, 6.45) is 1.01. The molecule has 1 atom stereocenters. The van der Waals surface area contributed by atoms with Gasteiger partial charge in [-0.3, -0.25) is 13.9 Å². The summed E-state index contributed by atoms with van der Waals surface area (Å²) in [4.78, 5) is 28.7. The molecule has 0 aliphatic rings. The van der Waals surface area contributed by atoms with Crippen LogP contribution in [0.4, 0.5) is 5.69 Å². The lowest BCUT2D eigenvalue weighted by Gasteiger charge is -2.33. The number of nitrogens with zero attached hydrogens (tertiary/aromatic N) is 2. The second-order valence-electron chi connectivity index (χ2n) is 9.63. The van der Waals surface area contributed by atoms with Crippen LogP contribution in [0.5, 0.6) is 5.75 Å². The van der Waals surface area contributed by atoms with Crippen molar-refractivity contribution in [2.24, 2.45) is 0 Å². The summed E-state index contributed by atoms with van der Waals surface area (Å²) >= 11 is 18.7. The van der Waals surface area contributed by atoms with Crippen LogP contribution in [-0.4, -0.2) is 51.4 Å². The van der Waals surface area contributed by atoms with E-state index in [1.807, 2.05) is 13.8 Å². The lowest BCUT2D eigenvalue weighted by Crippen LogP contribution is -2.52. The largest absolute Gasteiger partial charge is 0.495 e. The molecule has 226 valence electrons. The highest BCUT2D eigenvalue weighted by atomic mass is 35.5. The van der Waals surface area contributed by atoms with Crippen LogP contribution in [0.1, 0.15) is 37.8 Å². The molecule has 3 rings (SSSR count). The summed E-state index contributed by atoms with van der Waals surface area (Å²) in [7, 11) is -2.80. The van der Waals surface area contributed by atoms with Crippen molar-refractivity contribution in [3.8, 4) is 5.75 Å². The molecule has 42 heavy (non-hydrogen) atoms. The van der Waals surface area contributed by atoms with Crippen LogP contribution in [-0.2, 0) is 26.2 Å². The number of halogens is 3. The van der Waals surface area contributed by atoms with Gasteiger partial charge >= 0.3 is 0 Å². The van der Waals surface area contributed by atoms with E-state index in [0.29, 0.717) is 40.7 Å². The number of hydrogen-bond acceptors (Lipinski definition) is 5. The maximum Gasteiger partial charge on any atom is 0.264 e. The van der Waals surface area contributed by atoms with Gasteiger partial charge in [0.2, 0.25) is 11.8 Å². The summed E-state index contributed by atoms with van der Waals surface area (Å²) in [6.45, 7) is 5.38. The van der Waals surface area contributed by atoms with Crippen molar-refractivity contribution in [2.45, 2.75) is 51.1 Å². The number of ether oxygens (including phenoxy) is 1. The summed E-state index contributed by atoms with van der Waals surface area (Å²) < 4.78 is 34.2. The highest BCUT2D eigenvalue weighted by Crippen LogP contribution is 2.32. The van der Waals surface area contributed by atoms with Gasteiger partial charge in [-0.25, -0.2) is 8.42 Å². The highest BCUT2D eigenvalue weighted by molar-refractivity contribution is 7.92. The van der Waals surface area contributed by atoms with Crippen molar-refractivity contribution < 1.29 is 22.7 Å². The van der Waals surface area contributed by atoms with E-state index in [1.54, 1.807) is 37.3 Å². The average Bonchev–Trinajstić information content (AvgIpc) is 2.96. The molecule has 2 amide bonds. The minimum Gasteiger partial charge on any atom is -0.495 e. The Morgan fingerprint density at radius 1 is 0.929 bits per heavy atom. The van der Waals surface area contributed by atoms with E-state index < -0.39 is 28.5 Å². The Morgan fingerprint density at radius 2 is 1.62 bits per heavy atom. The number of aryl methyl sites for hydroxylation is 1. The van der Waals surface area contributed by atoms with E-state index in [2.05, 4.69) is 5.32 Å². The van der Waals surface area contributed by atoms with E-state index in [-0.39, 0.29) is 28.1 Å². The number of rotatable bonds is 13. The first-order chi connectivity index (χ1) is 19.9. The number of methoxy groups -OCH3 is 1. The molecule has 1 unspecified atom stereocenters. The summed E-state index contributed by atoms with van der Waals surface area (Å²) in [5.74, 6) is -0.588. The third-order valence-corrected chi connectivity index (χ3v) is 9.41. The van der Waals surface area contributed by atoms with Gasteiger partial charge < -0.3 is 15.0 Å². The zero-order chi connectivity index (χ0) is 31.0. The fourth-order valence-corrected chi connectivity index (χ4v) is 6.28. The lowest BCUT2D eigenvalue weighted by molar-refractivity contribution is -0.140. The van der Waals surface area contributed by atoms with Crippen LogP contribution in [0.25, 0.3) is 0 Å². The molecule has 0 bridgehead atoms. The van der Waals surface area contributed by atoms with Gasteiger partial charge in [0.15, 0.2) is 0 Å². The minimum absolute atomic E-state index is 0.00314. The van der Waals surface area contributed by atoms with Crippen molar-refractivity contribution in [2.75, 3.05) is 24.5 Å². The third kappa shape index (κ3) is 8.10. The van der Waals surface area contributed by atoms with Crippen LogP contribution in [0.15, 0.2) is 65.6 Å². The zero-order valence-electron chi connectivity index (χ0n) is 23.9. The predicted molar refractivity (Wildman–Crippen MR) is 168 cm³/mol. The highest BCUT2D eigenvalue weighted by Gasteiger charge is 2.34. The van der Waals surface area contributed by atoms with Crippen molar-refractivity contribution in [3.63, 3.8) is 0 Å². The summed E-state index contributed by atoms with van der Waals surface area (Å²) in [5, 5.41) is 3.66. The Kier molecular flexibility index (Phi) is 11.9. The predicted octanol–water partition coefficient (Wildman–Crippen LogP) is 6.49. The van der Waals surface area contributed by atoms with Crippen LogP contribution < -0.4 is 14.4 Å². The first kappa shape index (κ1) is 33.5. The number of carbonyl (C=O) groups excluding carboxylic acids is 2. The molecule has 0 spiro atoms. The van der Waals surface area contributed by atoms with E-state index >= 15 is 0 Å². The summed E-state index contributed by atoms with van der Waals surface area (Å²) in [6, 6.07) is 14.8. The lowest BCUT2D eigenvalue weighted by atomic mass is 10.1. The molecule has 0 heterocycles. The maximum absolute atomic E-state index is 14.1. The SMILES string of the molecule is CCCNC(=O)C(CC)N(Cc1ccc(Cl)c(Cl)c1)C(=O)CN(c1ccc(OC)c(Cl)c1)S(=O)(=O)c1ccc(C)cc1. The quantitative estimate of drug-likeness (QED) is 0.227. The molecule has 1 N–H and O–H groups in total. The van der Waals surface area contributed by atoms with Gasteiger partial charge in [0.25, 0.3) is 10.0 Å². The molecular formula is C30H34Cl3N3O5S. The van der Waals surface area contributed by atoms with Crippen molar-refractivity contribution in [1.82, 2.24) is 10.2 Å². The van der Waals surface area contributed by atoms with Crippen molar-refractivity contribution in [3.05, 3.63) is 86.9 Å². The molecule has 0 fully saturated rings. The van der Waals surface area contributed by atoms with E-state index in [9.17, 15) is 18.0 Å². The van der Waals surface area contributed by atoms with E-state index in [1.165, 1.54) is 42.3 Å². The van der Waals surface area contributed by atoms with E-state index in [4.69, 9.17) is 39.5 Å². The molecule has 0 saturated heterocycles. The Bertz CT molecular complexity index is 1520. The first-order valence-electron chi connectivity index (χ1n) is 13.4. The van der Waals surface area contributed by atoms with Gasteiger partial charge in [0.05, 0.1) is 32.8 Å². The number of sulfonamides is 1. The Hall–Kier alpha value is -2.98. The molecule has 8 nitrogen and oxygen atoms in total. The molecule has 12 heteroatoms. The number of benzene rings is 3. The van der Waals surface area contributed by atoms with Crippen LogP contribution in [0, 0.1) is 6.92 Å². The Morgan fingerprint density at radius 3 is 2.19 bits per heavy atom. The smallest absolute Gasteiger partial charge is 0.264 e. The third-order valence-electron chi connectivity index (χ3n) is 6.58. The molecule has 3 aromatic rings. The Balaban J connectivity index is 2.10. The fourth-order valence-electron chi connectivity index (χ4n) is 4.30. The topological polar surface area (TPSA) is 96.0 Å². The number of nitrogens with one attached hydrogen (secondary N) is 1. The van der Waals surface area contributed by atoms with Gasteiger partial charge in [-0.1, -0.05) is 72.4 Å². The fraction of sp³-hybridized carbons (Fsp3) is 0.333. The van der Waals surface area contributed by atoms with E-state index in [0.717, 1.165) is 9.87 Å². The number of amides is 2. The minimum atomic E-state index is -4.24. The van der Waals surface area contributed by atoms with Gasteiger partial charge in [0, 0.05) is 13.1 Å². The first-order valence-corrected chi connectivity index (χ1v) is 15.9. The maximum atomic E-state index is 14.1. The Labute approximate surface area is 262 Å². The second kappa shape index (κ2) is 15.0. The molecule has 3 aromatic carbocycles. The average molecular weight is 655 g/mol. The molecule has 0 radical (unpaired) electrons. The van der Waals surface area contributed by atoms with Crippen molar-refractivity contribution in [1.29, 1.82) is 0 Å². The molecular weight excluding hydrogens is 621 g/mol. The number of carbonyl (C=O) groups is 2. The molecule has 0 aliphatic heterocycles. The van der Waals surface area contributed by atoms with Gasteiger partial charge in [0.1, 0.15) is 18.3 Å². The van der Waals surface area contributed by atoms with Crippen LogP contribution in [0.3, 0.4) is 0 Å². The number of hydrogen-bond donors (Lipinski definition) is 1. The normalized spacial score (nSPS) is 12.0. The molecule has 0 aromatic heterocycles. The van der Waals surface area contributed by atoms with Gasteiger partial charge in [-0.15, -0.1) is 0 Å². The monoisotopic (exact) mass is 653 g/mol. The van der Waals surface area contributed by atoms with Crippen molar-refractivity contribution >= 4 is 62.3 Å². The number of anilines is 1. The van der Waals surface area contributed by atoms with Crippen LogP contribution in [0.2, 0.25) is 15.1 Å². The second-order valence-corrected chi connectivity index (χ2v) is 12.7. The summed E-state index contributed by atoms with van der Waals surface area (Å²) in [5.41, 5.74) is 1.66. The van der Waals surface area contributed by atoms with Gasteiger partial charge in [-0.05, 0) is 67.8 Å². The zero-order valence-corrected chi connectivity index (χ0v) is 26.9. The molecule has 0 aliphatic carbocycles. The molecule has 0 saturated carbocycles. The standard InChI is InChI=1S/C30H34Cl3N3O5S/c1-5-15-34-30(38)27(6-2)35(18-21-9-13-24(31)25(32)16-21)29(37)19-36(22-10-14-28(41-4)26(33)17-22)42(39,40)23-11-7-20(3)8-12-23/h7-14,16-17,27H,5-6,15,18-19H2,1-4H3,(H,34,38).